The Morgan fingerprint density at radius 2 is 1.95 bits per heavy atom. The van der Waals surface area contributed by atoms with E-state index in [0.717, 1.165) is 31.6 Å². The van der Waals surface area contributed by atoms with Crippen molar-refractivity contribution in [1.82, 2.24) is 4.90 Å². The van der Waals surface area contributed by atoms with Gasteiger partial charge in [-0.05, 0) is 38.8 Å². The summed E-state index contributed by atoms with van der Waals surface area (Å²) in [7, 11) is 0. The van der Waals surface area contributed by atoms with Crippen molar-refractivity contribution in [2.24, 2.45) is 0 Å². The average molecular weight is 292 g/mol. The molecular weight excluding hydrogens is 268 g/mol. The van der Waals surface area contributed by atoms with Crippen LogP contribution in [0.4, 0.5) is 10.5 Å². The maximum Gasteiger partial charge on any atom is 0.411 e. The van der Waals surface area contributed by atoms with Gasteiger partial charge in [-0.3, -0.25) is 0 Å². The van der Waals surface area contributed by atoms with E-state index in [4.69, 9.17) is 9.47 Å². The van der Waals surface area contributed by atoms with E-state index in [2.05, 4.69) is 5.32 Å². The van der Waals surface area contributed by atoms with E-state index in [1.165, 1.54) is 5.56 Å². The third kappa shape index (κ3) is 4.93. The molecule has 1 unspecified atom stereocenters. The second-order valence-corrected chi connectivity index (χ2v) is 5.24. The van der Waals surface area contributed by atoms with Gasteiger partial charge in [-0.2, -0.15) is 0 Å². The molecule has 1 saturated heterocycles. The Balaban J connectivity index is 1.92. The lowest BCUT2D eigenvalue weighted by Gasteiger charge is -2.23. The highest BCUT2D eigenvalue weighted by Crippen LogP contribution is 2.13. The topological polar surface area (TPSA) is 50.8 Å². The number of nitrogens with zero attached hydrogens (tertiary/aromatic N) is 1. The van der Waals surface area contributed by atoms with Crippen molar-refractivity contribution in [3.8, 4) is 0 Å². The van der Waals surface area contributed by atoms with Crippen molar-refractivity contribution in [2.45, 2.75) is 32.9 Å². The van der Waals surface area contributed by atoms with E-state index in [1.54, 1.807) is 4.90 Å². The molecule has 1 aliphatic rings. The van der Waals surface area contributed by atoms with E-state index in [9.17, 15) is 4.79 Å². The molecule has 1 atom stereocenters. The van der Waals surface area contributed by atoms with Gasteiger partial charge in [0, 0.05) is 25.4 Å². The maximum atomic E-state index is 12.1. The molecule has 5 heteroatoms. The van der Waals surface area contributed by atoms with Crippen LogP contribution in [0.1, 0.15) is 25.3 Å². The molecule has 0 aromatic heterocycles. The number of ether oxygens (including phenoxy) is 2. The molecule has 1 heterocycles. The normalized spacial score (nSPS) is 15.8. The highest BCUT2D eigenvalue weighted by Gasteiger charge is 2.22. The molecule has 0 saturated carbocycles. The van der Waals surface area contributed by atoms with Gasteiger partial charge in [0.2, 0.25) is 0 Å². The first kappa shape index (κ1) is 15.6. The highest BCUT2D eigenvalue weighted by molar-refractivity contribution is 5.68. The lowest BCUT2D eigenvalue weighted by molar-refractivity contribution is 0.0233. The largest absolute Gasteiger partial charge is 0.423 e. The predicted molar refractivity (Wildman–Crippen MR) is 82.4 cm³/mol. The van der Waals surface area contributed by atoms with Gasteiger partial charge >= 0.3 is 6.09 Å². The van der Waals surface area contributed by atoms with Crippen LogP contribution in [0, 0.1) is 6.92 Å². The molecule has 1 amide bonds. The molecular formula is C16H24N2O3. The van der Waals surface area contributed by atoms with E-state index >= 15 is 0 Å². The minimum absolute atomic E-state index is 0.267. The van der Waals surface area contributed by atoms with Crippen LogP contribution in [0.15, 0.2) is 24.3 Å². The summed E-state index contributed by atoms with van der Waals surface area (Å²) in [6.07, 6.45) is 1.37. The number of nitrogens with one attached hydrogen (secondary N) is 1. The van der Waals surface area contributed by atoms with E-state index in [1.807, 2.05) is 38.1 Å². The van der Waals surface area contributed by atoms with Crippen molar-refractivity contribution >= 4 is 11.8 Å². The number of anilines is 1. The number of carbonyl (C=O) groups is 1. The number of likely N-dealkylation sites (tertiary alicyclic amines) is 1. The van der Waals surface area contributed by atoms with Crippen molar-refractivity contribution in [3.05, 3.63) is 29.8 Å². The summed E-state index contributed by atoms with van der Waals surface area (Å²) in [5, 5.41) is 3.20. The predicted octanol–water partition coefficient (Wildman–Crippen LogP) is 3.00. The van der Waals surface area contributed by atoms with E-state index in [0.29, 0.717) is 13.2 Å². The third-order valence-electron chi connectivity index (χ3n) is 3.46. The third-order valence-corrected chi connectivity index (χ3v) is 3.46. The van der Waals surface area contributed by atoms with Gasteiger partial charge in [-0.15, -0.1) is 0 Å². The Labute approximate surface area is 126 Å². The zero-order chi connectivity index (χ0) is 15.1. The van der Waals surface area contributed by atoms with Crippen LogP contribution in [0.5, 0.6) is 0 Å². The van der Waals surface area contributed by atoms with Crippen molar-refractivity contribution in [1.29, 1.82) is 0 Å². The van der Waals surface area contributed by atoms with Gasteiger partial charge < -0.3 is 19.7 Å². The lowest BCUT2D eigenvalue weighted by atomic mass is 10.2. The minimum Gasteiger partial charge on any atom is -0.423 e. The first-order valence-corrected chi connectivity index (χ1v) is 7.55. The number of hydrogen-bond acceptors (Lipinski definition) is 4. The van der Waals surface area contributed by atoms with E-state index in [-0.39, 0.29) is 6.09 Å². The summed E-state index contributed by atoms with van der Waals surface area (Å²) >= 11 is 0. The Bertz CT molecular complexity index is 441. The quantitative estimate of drug-likeness (QED) is 0.819. The van der Waals surface area contributed by atoms with Crippen LogP contribution in [-0.4, -0.2) is 43.5 Å². The fourth-order valence-electron chi connectivity index (χ4n) is 2.26. The molecule has 0 spiro atoms. The first-order valence-electron chi connectivity index (χ1n) is 7.55. The molecule has 21 heavy (non-hydrogen) atoms. The smallest absolute Gasteiger partial charge is 0.411 e. The second-order valence-electron chi connectivity index (χ2n) is 5.24. The van der Waals surface area contributed by atoms with Gasteiger partial charge in [0.15, 0.2) is 6.23 Å². The standard InChI is InChI=1S/C16H24N2O3/c1-3-20-12-15(17-14-8-6-13(2)7-9-14)21-16(19)18-10-4-5-11-18/h6-9,15,17H,3-5,10-12H2,1-2H3. The number of amides is 1. The monoisotopic (exact) mass is 292 g/mol. The zero-order valence-electron chi connectivity index (χ0n) is 12.8. The van der Waals surface area contributed by atoms with Crippen LogP contribution in [0.25, 0.3) is 0 Å². The number of aryl methyl sites for hydroxylation is 1. The minimum atomic E-state index is -0.472. The van der Waals surface area contributed by atoms with Gasteiger partial charge in [0.05, 0.1) is 0 Å². The summed E-state index contributed by atoms with van der Waals surface area (Å²) in [5.74, 6) is 0. The summed E-state index contributed by atoms with van der Waals surface area (Å²) in [6.45, 7) is 6.45. The van der Waals surface area contributed by atoms with Crippen LogP contribution in [-0.2, 0) is 9.47 Å². The maximum absolute atomic E-state index is 12.1. The van der Waals surface area contributed by atoms with Gasteiger partial charge in [-0.1, -0.05) is 17.7 Å². The Hall–Kier alpha value is -1.75. The fourth-order valence-corrected chi connectivity index (χ4v) is 2.26. The molecule has 1 N–H and O–H groups in total. The van der Waals surface area contributed by atoms with Gasteiger partial charge in [0.1, 0.15) is 6.61 Å². The number of rotatable bonds is 6. The summed E-state index contributed by atoms with van der Waals surface area (Å²) in [5.41, 5.74) is 2.11. The molecule has 1 aliphatic heterocycles. The van der Waals surface area contributed by atoms with Crippen molar-refractivity contribution in [2.75, 3.05) is 31.6 Å². The number of hydrogen-bond donors (Lipinski definition) is 1. The van der Waals surface area contributed by atoms with Crippen LogP contribution in [0.2, 0.25) is 0 Å². The zero-order valence-corrected chi connectivity index (χ0v) is 12.8. The highest BCUT2D eigenvalue weighted by atomic mass is 16.6. The molecule has 0 radical (unpaired) electrons. The average Bonchev–Trinajstić information content (AvgIpc) is 3.01. The van der Waals surface area contributed by atoms with Crippen molar-refractivity contribution in [3.63, 3.8) is 0 Å². The lowest BCUT2D eigenvalue weighted by Crippen LogP contribution is -2.37. The van der Waals surface area contributed by atoms with Crippen molar-refractivity contribution < 1.29 is 14.3 Å². The molecule has 116 valence electrons. The van der Waals surface area contributed by atoms with Crippen LogP contribution < -0.4 is 5.32 Å². The van der Waals surface area contributed by atoms with E-state index < -0.39 is 6.23 Å². The Morgan fingerprint density at radius 1 is 1.29 bits per heavy atom. The van der Waals surface area contributed by atoms with Crippen LogP contribution >= 0.6 is 0 Å². The van der Waals surface area contributed by atoms with Crippen LogP contribution in [0.3, 0.4) is 0 Å². The molecule has 1 aromatic carbocycles. The summed E-state index contributed by atoms with van der Waals surface area (Å²) in [6, 6.07) is 7.97. The van der Waals surface area contributed by atoms with Gasteiger partial charge in [0.25, 0.3) is 0 Å². The Kier molecular flexibility index (Phi) is 5.87. The SMILES string of the molecule is CCOCC(Nc1ccc(C)cc1)OC(=O)N1CCCC1. The molecule has 0 bridgehead atoms. The summed E-state index contributed by atoms with van der Waals surface area (Å²) < 4.78 is 10.9. The molecule has 1 aromatic rings. The number of benzene rings is 1. The second kappa shape index (κ2) is 7.88. The molecule has 2 rings (SSSR count). The molecule has 5 nitrogen and oxygen atoms in total. The fraction of sp³-hybridized carbons (Fsp3) is 0.562. The summed E-state index contributed by atoms with van der Waals surface area (Å²) in [4.78, 5) is 13.8. The molecule has 1 fully saturated rings. The Morgan fingerprint density at radius 3 is 2.57 bits per heavy atom. The molecule has 0 aliphatic carbocycles. The first-order chi connectivity index (χ1) is 10.2. The van der Waals surface area contributed by atoms with Gasteiger partial charge in [-0.25, -0.2) is 4.79 Å². The number of carbonyl (C=O) groups excluding carboxylic acids is 1.